The molecule has 1 aromatic rings. The van der Waals surface area contributed by atoms with Crippen LogP contribution in [-0.4, -0.2) is 30.1 Å². The molecule has 3 rings (SSSR count). The highest BCUT2D eigenvalue weighted by Crippen LogP contribution is 2.62. The molecular weight excluding hydrogens is 267 g/mol. The van der Waals surface area contributed by atoms with Crippen molar-refractivity contribution in [2.75, 3.05) is 13.1 Å². The maximum atomic E-state index is 12.4. The average molecular weight is 283 g/mol. The Balaban J connectivity index is 1.76. The summed E-state index contributed by atoms with van der Waals surface area (Å²) < 4.78 is 37.3. The fraction of sp³-hybridized carbons (Fsp3) is 0.533. The normalized spacial score (nSPS) is 27.9. The lowest BCUT2D eigenvalue weighted by molar-refractivity contribution is -0.208. The lowest BCUT2D eigenvalue weighted by Gasteiger charge is -2.66. The summed E-state index contributed by atoms with van der Waals surface area (Å²) in [7, 11) is 0. The van der Waals surface area contributed by atoms with Crippen molar-refractivity contribution in [2.45, 2.75) is 31.4 Å². The molecule has 1 atom stereocenters. The molecule has 2 fully saturated rings. The van der Waals surface area contributed by atoms with E-state index in [1.807, 2.05) is 30.3 Å². The largest absolute Gasteiger partial charge is 0.471 e. The third-order valence-corrected chi connectivity index (χ3v) is 5.20. The molecule has 1 aromatic carbocycles. The van der Waals surface area contributed by atoms with E-state index in [1.54, 1.807) is 0 Å². The van der Waals surface area contributed by atoms with Gasteiger partial charge in [0.05, 0.1) is 0 Å². The van der Waals surface area contributed by atoms with Crippen LogP contribution in [0.15, 0.2) is 30.3 Å². The zero-order valence-corrected chi connectivity index (χ0v) is 11.2. The van der Waals surface area contributed by atoms with Gasteiger partial charge in [-0.3, -0.25) is 4.79 Å². The van der Waals surface area contributed by atoms with Crippen LogP contribution in [0, 0.1) is 5.41 Å². The number of likely N-dealkylation sites (tertiary alicyclic amines) is 1. The number of alkyl halides is 3. The van der Waals surface area contributed by atoms with E-state index in [0.29, 0.717) is 0 Å². The van der Waals surface area contributed by atoms with E-state index >= 15 is 0 Å². The molecule has 1 aliphatic carbocycles. The quantitative estimate of drug-likeness (QED) is 0.775. The molecule has 1 spiro atoms. The first-order valence-corrected chi connectivity index (χ1v) is 6.70. The van der Waals surface area contributed by atoms with Gasteiger partial charge in [0, 0.05) is 23.9 Å². The molecule has 0 radical (unpaired) electrons. The van der Waals surface area contributed by atoms with Crippen molar-refractivity contribution in [1.29, 1.82) is 0 Å². The molecular formula is C15H16F3NO. The van der Waals surface area contributed by atoms with Crippen LogP contribution < -0.4 is 0 Å². The fourth-order valence-corrected chi connectivity index (χ4v) is 3.62. The Morgan fingerprint density at radius 2 is 1.75 bits per heavy atom. The highest BCUT2D eigenvalue weighted by molar-refractivity contribution is 5.83. The average Bonchev–Trinajstić information content (AvgIpc) is 2.35. The van der Waals surface area contributed by atoms with Crippen LogP contribution in [0.1, 0.15) is 25.3 Å². The number of nitrogens with zero attached hydrogens (tertiary/aromatic N) is 1. The van der Waals surface area contributed by atoms with Gasteiger partial charge in [0.2, 0.25) is 0 Å². The summed E-state index contributed by atoms with van der Waals surface area (Å²) in [6, 6.07) is 9.87. The topological polar surface area (TPSA) is 20.3 Å². The van der Waals surface area contributed by atoms with Crippen LogP contribution in [0.4, 0.5) is 13.2 Å². The van der Waals surface area contributed by atoms with Crippen LogP contribution in [0.25, 0.3) is 0 Å². The van der Waals surface area contributed by atoms with E-state index in [0.717, 1.165) is 23.3 Å². The summed E-state index contributed by atoms with van der Waals surface area (Å²) in [5.41, 5.74) is 0.872. The first kappa shape index (κ1) is 13.5. The van der Waals surface area contributed by atoms with Gasteiger partial charge < -0.3 is 4.90 Å². The molecule has 1 amide bonds. The smallest absolute Gasteiger partial charge is 0.334 e. The zero-order valence-electron chi connectivity index (χ0n) is 11.2. The minimum absolute atomic E-state index is 0.114. The first-order chi connectivity index (χ1) is 9.29. The Kier molecular flexibility index (Phi) is 2.69. The minimum atomic E-state index is -4.76. The predicted octanol–water partition coefficient (Wildman–Crippen LogP) is 3.13. The molecule has 1 saturated carbocycles. The number of rotatable bonds is 1. The van der Waals surface area contributed by atoms with E-state index < -0.39 is 12.1 Å². The Bertz CT molecular complexity index is 534. The number of hydrogen-bond donors (Lipinski definition) is 0. The first-order valence-electron chi connectivity index (χ1n) is 6.70. The van der Waals surface area contributed by atoms with Gasteiger partial charge in [0.15, 0.2) is 0 Å². The molecule has 1 heterocycles. The molecule has 20 heavy (non-hydrogen) atoms. The molecule has 1 saturated heterocycles. The maximum absolute atomic E-state index is 12.4. The number of amides is 1. The van der Waals surface area contributed by atoms with Crippen molar-refractivity contribution in [1.82, 2.24) is 4.90 Å². The monoisotopic (exact) mass is 283 g/mol. The standard InChI is InChI=1S/C15H16F3NO/c1-13(11-5-3-2-4-6-11)7-8-14(13)9-19(10-14)12(20)15(16,17)18/h2-6H,7-10H2,1H3/t13-/m0/s1. The van der Waals surface area contributed by atoms with Gasteiger partial charge in [-0.1, -0.05) is 37.3 Å². The van der Waals surface area contributed by atoms with Crippen LogP contribution in [0.2, 0.25) is 0 Å². The second-order valence-corrected chi connectivity index (χ2v) is 6.14. The summed E-state index contributed by atoms with van der Waals surface area (Å²) in [4.78, 5) is 12.2. The van der Waals surface area contributed by atoms with E-state index in [4.69, 9.17) is 0 Å². The predicted molar refractivity (Wildman–Crippen MR) is 68.1 cm³/mol. The second kappa shape index (κ2) is 3.99. The fourth-order valence-electron chi connectivity index (χ4n) is 3.62. The molecule has 1 aliphatic heterocycles. The Morgan fingerprint density at radius 3 is 2.20 bits per heavy atom. The van der Waals surface area contributed by atoms with Gasteiger partial charge in [-0.25, -0.2) is 0 Å². The molecule has 0 unspecified atom stereocenters. The van der Waals surface area contributed by atoms with E-state index in [-0.39, 0.29) is 23.9 Å². The van der Waals surface area contributed by atoms with Gasteiger partial charge in [0.25, 0.3) is 0 Å². The van der Waals surface area contributed by atoms with Crippen LogP contribution >= 0.6 is 0 Å². The number of hydrogen-bond acceptors (Lipinski definition) is 1. The van der Waals surface area contributed by atoms with Gasteiger partial charge in [-0.05, 0) is 18.4 Å². The lowest BCUT2D eigenvalue weighted by atomic mass is 9.44. The van der Waals surface area contributed by atoms with Crippen LogP contribution in [0.5, 0.6) is 0 Å². The molecule has 5 heteroatoms. The Labute approximate surface area is 115 Å². The second-order valence-electron chi connectivity index (χ2n) is 6.14. The van der Waals surface area contributed by atoms with Gasteiger partial charge in [-0.15, -0.1) is 0 Å². The molecule has 0 bridgehead atoms. The van der Waals surface area contributed by atoms with Crippen LogP contribution in [0.3, 0.4) is 0 Å². The summed E-state index contributed by atoms with van der Waals surface area (Å²) in [6.45, 7) is 2.54. The van der Waals surface area contributed by atoms with Gasteiger partial charge in [-0.2, -0.15) is 13.2 Å². The van der Waals surface area contributed by atoms with Crippen molar-refractivity contribution in [3.8, 4) is 0 Å². The lowest BCUT2D eigenvalue weighted by Crippen LogP contribution is -2.72. The number of carbonyl (C=O) groups is 1. The van der Waals surface area contributed by atoms with Gasteiger partial charge >= 0.3 is 12.1 Å². The SMILES string of the molecule is C[C@@]1(c2ccccc2)CCC12CN(C(=O)C(F)(F)F)C2. The molecule has 108 valence electrons. The Morgan fingerprint density at radius 1 is 1.15 bits per heavy atom. The van der Waals surface area contributed by atoms with E-state index in [1.165, 1.54) is 0 Å². The summed E-state index contributed by atoms with van der Waals surface area (Å²) >= 11 is 0. The number of halogens is 3. The summed E-state index contributed by atoms with van der Waals surface area (Å²) in [5, 5.41) is 0. The molecule has 2 nitrogen and oxygen atoms in total. The molecule has 0 aromatic heterocycles. The van der Waals surface area contributed by atoms with Crippen molar-refractivity contribution < 1.29 is 18.0 Å². The van der Waals surface area contributed by atoms with Crippen LogP contribution in [-0.2, 0) is 10.2 Å². The maximum Gasteiger partial charge on any atom is 0.471 e. The summed E-state index contributed by atoms with van der Waals surface area (Å²) in [6.07, 6.45) is -2.90. The molecule has 0 N–H and O–H groups in total. The van der Waals surface area contributed by atoms with Crippen molar-refractivity contribution >= 4 is 5.91 Å². The van der Waals surface area contributed by atoms with E-state index in [9.17, 15) is 18.0 Å². The van der Waals surface area contributed by atoms with Crippen molar-refractivity contribution in [3.05, 3.63) is 35.9 Å². The van der Waals surface area contributed by atoms with Crippen molar-refractivity contribution in [3.63, 3.8) is 0 Å². The third kappa shape index (κ3) is 1.68. The highest BCUT2D eigenvalue weighted by atomic mass is 19.4. The van der Waals surface area contributed by atoms with Crippen molar-refractivity contribution in [2.24, 2.45) is 5.41 Å². The van der Waals surface area contributed by atoms with E-state index in [2.05, 4.69) is 6.92 Å². The Hall–Kier alpha value is -1.52. The minimum Gasteiger partial charge on any atom is -0.334 e. The number of benzene rings is 1. The third-order valence-electron chi connectivity index (χ3n) is 5.20. The number of carbonyl (C=O) groups excluding carboxylic acids is 1. The van der Waals surface area contributed by atoms with Gasteiger partial charge in [0.1, 0.15) is 0 Å². The summed E-state index contributed by atoms with van der Waals surface area (Å²) in [5.74, 6) is -1.70. The highest BCUT2D eigenvalue weighted by Gasteiger charge is 2.65. The zero-order chi connectivity index (χ0) is 14.6. The molecule has 2 aliphatic rings.